The van der Waals surface area contributed by atoms with E-state index in [1.165, 1.54) is 331 Å². The van der Waals surface area contributed by atoms with Crippen molar-refractivity contribution >= 4 is 51.6 Å². The summed E-state index contributed by atoms with van der Waals surface area (Å²) in [4.78, 5) is 90.9. The first-order valence-corrected chi connectivity index (χ1v) is 55.9. The van der Waals surface area contributed by atoms with Gasteiger partial charge in [-0.2, -0.15) is 0 Å². The van der Waals surface area contributed by atoms with Gasteiger partial charge in [-0.1, -0.05) is 413 Å². The Morgan fingerprint density at radius 3 is 0.383 bits per heavy atom. The second-order valence-corrected chi connectivity index (χ2v) is 42.3. The van der Waals surface area contributed by atoms with E-state index >= 15 is 0 Å². The first kappa shape index (κ1) is 107. The number of ether oxygens (including phenoxy) is 4. The standard InChI is InChI=1S/C100H172O16P4/c1-5-9-13-17-21-25-29-33-37-41-45-49-53-57-61-65-69-113-97-85-73-87-79-94(118(104,105)106)81-89(98(87)114-70-66-62-58-54-50-46-42-38-34-30-26-22-18-14-10-6-2)75-91-83-96(120(110,111)112)84-92(100(91)116-72-68-64-60-56-52-48-44-40-36-32-28-24-20-16-12-8-4)76-90-82-95(119(107,108)109)80-88(74-86(97)78-93(77-85)117(101,102)103)99(90)115-71-67-63-59-55-51-47-43-39-35-31-27-23-19-15-11-7-3/h77-84H,5-76H2,1-4H3,(H2,101,102,103)(H2,104,105,106)(H2,107,108,109)(H2,110,111,112). The zero-order valence-electron chi connectivity index (χ0n) is 76.2. The molecule has 0 unspecified atom stereocenters. The van der Waals surface area contributed by atoms with Crippen molar-refractivity contribution in [1.82, 2.24) is 0 Å². The van der Waals surface area contributed by atoms with Gasteiger partial charge >= 0.3 is 30.4 Å². The van der Waals surface area contributed by atoms with Gasteiger partial charge in [0.1, 0.15) is 23.0 Å². The van der Waals surface area contributed by atoms with Crippen LogP contribution in [0.3, 0.4) is 0 Å². The quantitative estimate of drug-likeness (QED) is 0.0133. The predicted molar refractivity (Wildman–Crippen MR) is 504 cm³/mol. The van der Waals surface area contributed by atoms with E-state index in [-0.39, 0.29) is 141 Å². The lowest BCUT2D eigenvalue weighted by atomic mass is 9.91. The van der Waals surface area contributed by atoms with Crippen LogP contribution >= 0.6 is 30.4 Å². The lowest BCUT2D eigenvalue weighted by Crippen LogP contribution is -2.18. The molecule has 5 rings (SSSR count). The zero-order valence-corrected chi connectivity index (χ0v) is 79.7. The molecular weight excluding hydrogens is 1580 g/mol. The van der Waals surface area contributed by atoms with Crippen LogP contribution in [0.25, 0.3) is 0 Å². The van der Waals surface area contributed by atoms with Gasteiger partial charge in [0, 0.05) is 25.7 Å². The molecule has 8 N–H and O–H groups in total. The summed E-state index contributed by atoms with van der Waals surface area (Å²) in [6, 6.07) is 11.2. The van der Waals surface area contributed by atoms with E-state index in [9.17, 15) is 57.4 Å². The van der Waals surface area contributed by atoms with Crippen LogP contribution < -0.4 is 40.2 Å². The topological polar surface area (TPSA) is 267 Å². The molecule has 0 heterocycles. The van der Waals surface area contributed by atoms with Crippen molar-refractivity contribution in [1.29, 1.82) is 0 Å². The fraction of sp³-hybridized carbons (Fsp3) is 0.760. The summed E-state index contributed by atoms with van der Waals surface area (Å²) in [6.45, 7) is 9.86. The molecule has 0 saturated heterocycles. The average Bonchev–Trinajstić information content (AvgIpc) is 0.761. The Morgan fingerprint density at radius 1 is 0.183 bits per heavy atom. The monoisotopic (exact) mass is 1750 g/mol. The lowest BCUT2D eigenvalue weighted by Gasteiger charge is -2.25. The second-order valence-electron chi connectivity index (χ2n) is 35.9. The fourth-order valence-corrected chi connectivity index (χ4v) is 20.1. The summed E-state index contributed by atoms with van der Waals surface area (Å²) in [5, 5.41) is -1.39. The van der Waals surface area contributed by atoms with E-state index in [2.05, 4.69) is 27.7 Å². The molecule has 0 fully saturated rings. The number of benzene rings is 4. The minimum Gasteiger partial charge on any atom is -0.493 e. The Morgan fingerprint density at radius 2 is 0.283 bits per heavy atom. The van der Waals surface area contributed by atoms with E-state index in [1.54, 1.807) is 0 Å². The molecule has 120 heavy (non-hydrogen) atoms. The smallest absolute Gasteiger partial charge is 0.356 e. The van der Waals surface area contributed by atoms with Crippen LogP contribution in [-0.4, -0.2) is 65.6 Å². The molecule has 0 aliphatic heterocycles. The van der Waals surface area contributed by atoms with Gasteiger partial charge in [-0.05, 0) is 119 Å². The highest BCUT2D eigenvalue weighted by Crippen LogP contribution is 2.47. The Balaban J connectivity index is 1.57. The van der Waals surface area contributed by atoms with E-state index in [0.717, 1.165) is 103 Å². The molecule has 1 aliphatic carbocycles. The highest BCUT2D eigenvalue weighted by atomic mass is 31.2. The van der Waals surface area contributed by atoms with Crippen molar-refractivity contribution in [3.63, 3.8) is 0 Å². The normalized spacial score (nSPS) is 12.8. The van der Waals surface area contributed by atoms with Crippen molar-refractivity contribution in [2.75, 3.05) is 26.4 Å². The summed E-state index contributed by atoms with van der Waals surface area (Å²) in [7, 11) is -20.5. The predicted octanol–water partition coefficient (Wildman–Crippen LogP) is 28.1. The number of unbranched alkanes of at least 4 members (excludes halogenated alkanes) is 60. The first-order valence-electron chi connectivity index (χ1n) is 49.5. The third-order valence-electron chi connectivity index (χ3n) is 24.8. The molecule has 688 valence electrons. The van der Waals surface area contributed by atoms with E-state index in [4.69, 9.17) is 18.9 Å². The molecule has 20 heteroatoms. The minimum absolute atomic E-state index is 0.208. The molecular formula is C100H172O16P4. The highest BCUT2D eigenvalue weighted by Gasteiger charge is 2.32. The summed E-state index contributed by atoms with van der Waals surface area (Å²) in [6.07, 6.45) is 74.7. The molecule has 1 aliphatic rings. The number of hydrogen-bond donors (Lipinski definition) is 8. The molecule has 0 spiro atoms. The molecule has 0 saturated carbocycles. The van der Waals surface area contributed by atoms with Gasteiger partial charge < -0.3 is 58.1 Å². The van der Waals surface area contributed by atoms with Crippen molar-refractivity contribution < 1.29 is 76.4 Å². The minimum atomic E-state index is -5.12. The average molecular weight is 1750 g/mol. The van der Waals surface area contributed by atoms with Crippen molar-refractivity contribution in [2.24, 2.45) is 0 Å². The van der Waals surface area contributed by atoms with Gasteiger partial charge in [-0.3, -0.25) is 18.3 Å². The van der Waals surface area contributed by atoms with E-state index in [1.807, 2.05) is 0 Å². The van der Waals surface area contributed by atoms with Crippen LogP contribution in [0.5, 0.6) is 23.0 Å². The van der Waals surface area contributed by atoms with Crippen LogP contribution in [0.2, 0.25) is 0 Å². The van der Waals surface area contributed by atoms with Gasteiger partial charge in [0.05, 0.1) is 47.6 Å². The van der Waals surface area contributed by atoms with Gasteiger partial charge in [0.25, 0.3) is 0 Å². The third kappa shape index (κ3) is 47.5. The molecule has 4 aromatic rings. The Bertz CT molecular complexity index is 2970. The van der Waals surface area contributed by atoms with Gasteiger partial charge in [0.2, 0.25) is 0 Å². The van der Waals surface area contributed by atoms with Crippen LogP contribution in [0.1, 0.15) is 483 Å². The Kier molecular flexibility index (Phi) is 58.3. The number of rotatable bonds is 76. The fourth-order valence-electron chi connectivity index (χ4n) is 17.5. The molecule has 16 nitrogen and oxygen atoms in total. The molecule has 0 radical (unpaired) electrons. The van der Waals surface area contributed by atoms with Gasteiger partial charge in [-0.25, -0.2) is 0 Å². The number of hydrogen-bond acceptors (Lipinski definition) is 8. The number of fused-ring (bicyclic) bond motifs is 8. The highest BCUT2D eigenvalue weighted by molar-refractivity contribution is 7.61. The van der Waals surface area contributed by atoms with E-state index in [0.29, 0.717) is 25.7 Å². The Labute approximate surface area is 730 Å². The Hall–Kier alpha value is -3.32. The molecule has 8 bridgehead atoms. The van der Waals surface area contributed by atoms with Gasteiger partial charge in [-0.15, -0.1) is 0 Å². The maximum Gasteiger partial charge on any atom is 0.356 e. The van der Waals surface area contributed by atoms with Crippen LogP contribution in [0.4, 0.5) is 0 Å². The summed E-state index contributed by atoms with van der Waals surface area (Å²) in [5.74, 6) is 1.06. The summed E-state index contributed by atoms with van der Waals surface area (Å²) in [5.41, 5.74) is 2.27. The molecule has 4 aromatic carbocycles. The summed E-state index contributed by atoms with van der Waals surface area (Å²) < 4.78 is 83.9. The third-order valence-corrected chi connectivity index (χ3v) is 28.5. The molecule has 0 aromatic heterocycles. The van der Waals surface area contributed by atoms with Crippen molar-refractivity contribution in [3.05, 3.63) is 93.0 Å². The van der Waals surface area contributed by atoms with E-state index < -0.39 is 30.4 Å². The largest absolute Gasteiger partial charge is 0.493 e. The SMILES string of the molecule is CCCCCCCCCCCCCCCCCCOc1c2cc(P(=O)(O)O)cc1Cc1cc(P(=O)(O)O)cc(c1OCCCCCCCCCCCCCCCCCC)Cc1cc(P(=O)(O)O)cc(c1OCCCCCCCCCCCCCCCCCC)Cc1cc(P(=O)(O)O)cc(c1OCCCCCCCCCCCCCCCCCC)C2. The molecule has 0 amide bonds. The maximum absolute atomic E-state index is 14.0. The lowest BCUT2D eigenvalue weighted by molar-refractivity contribution is 0.293. The summed E-state index contributed by atoms with van der Waals surface area (Å²) >= 11 is 0. The second kappa shape index (κ2) is 65.3. The zero-order chi connectivity index (χ0) is 86.6. The van der Waals surface area contributed by atoms with Crippen molar-refractivity contribution in [2.45, 2.75) is 464 Å². The van der Waals surface area contributed by atoms with Crippen LogP contribution in [-0.2, 0) is 43.9 Å². The maximum atomic E-state index is 14.0. The van der Waals surface area contributed by atoms with Gasteiger partial charge in [0.15, 0.2) is 0 Å². The van der Waals surface area contributed by atoms with Crippen molar-refractivity contribution in [3.8, 4) is 23.0 Å². The van der Waals surface area contributed by atoms with Crippen LogP contribution in [0.15, 0.2) is 48.5 Å². The van der Waals surface area contributed by atoms with Crippen LogP contribution in [0, 0.1) is 0 Å². The first-order chi connectivity index (χ1) is 58.1. The molecule has 0 atom stereocenters.